The van der Waals surface area contributed by atoms with Gasteiger partial charge in [0.2, 0.25) is 0 Å². The molecule has 3 rings (SSSR count). The number of carbonyl (C=O) groups excluding carboxylic acids is 1. The van der Waals surface area contributed by atoms with Gasteiger partial charge < -0.3 is 19.3 Å². The van der Waals surface area contributed by atoms with Gasteiger partial charge in [0.25, 0.3) is 5.91 Å². The van der Waals surface area contributed by atoms with E-state index < -0.39 is 5.91 Å². The average Bonchev–Trinajstić information content (AvgIpc) is 3.18. The summed E-state index contributed by atoms with van der Waals surface area (Å²) in [6.07, 6.45) is 2.25. The molecule has 0 fully saturated rings. The number of carbonyl (C=O) groups is 1. The minimum absolute atomic E-state index is 0.0392. The van der Waals surface area contributed by atoms with E-state index in [0.29, 0.717) is 30.3 Å². The molecule has 0 aliphatic rings. The highest BCUT2D eigenvalue weighted by Gasteiger charge is 2.11. The second-order valence-corrected chi connectivity index (χ2v) is 6.83. The SMILES string of the molecule is Cc1cc(NC(=O)C(C#N)=Cc2ccc(OCCCOc3ccccc3C)cc2)no1. The van der Waals surface area contributed by atoms with Crippen LogP contribution in [-0.2, 0) is 4.79 Å². The van der Waals surface area contributed by atoms with Crippen LogP contribution in [0.25, 0.3) is 6.08 Å². The predicted octanol–water partition coefficient (Wildman–Crippen LogP) is 4.69. The Labute approximate surface area is 180 Å². The number of nitrogens with one attached hydrogen (secondary N) is 1. The summed E-state index contributed by atoms with van der Waals surface area (Å²) in [5.41, 5.74) is 1.77. The summed E-state index contributed by atoms with van der Waals surface area (Å²) in [6.45, 7) is 4.81. The van der Waals surface area contributed by atoms with Gasteiger partial charge in [-0.15, -0.1) is 0 Å². The summed E-state index contributed by atoms with van der Waals surface area (Å²) in [6, 6.07) is 18.5. The smallest absolute Gasteiger partial charge is 0.267 e. The number of rotatable bonds is 9. The molecule has 0 aliphatic carbocycles. The lowest BCUT2D eigenvalue weighted by molar-refractivity contribution is -0.112. The molecule has 31 heavy (non-hydrogen) atoms. The zero-order chi connectivity index (χ0) is 22.1. The van der Waals surface area contributed by atoms with Crippen molar-refractivity contribution >= 4 is 17.8 Å². The summed E-state index contributed by atoms with van der Waals surface area (Å²) >= 11 is 0. The fourth-order valence-electron chi connectivity index (χ4n) is 2.73. The first-order valence-electron chi connectivity index (χ1n) is 9.83. The largest absolute Gasteiger partial charge is 0.493 e. The summed E-state index contributed by atoms with van der Waals surface area (Å²) < 4.78 is 16.4. The Balaban J connectivity index is 1.47. The van der Waals surface area contributed by atoms with Crippen molar-refractivity contribution in [2.45, 2.75) is 20.3 Å². The molecule has 0 bridgehead atoms. The van der Waals surface area contributed by atoms with Crippen molar-refractivity contribution in [3.8, 4) is 17.6 Å². The number of aromatic nitrogens is 1. The quantitative estimate of drug-likeness (QED) is 0.308. The van der Waals surface area contributed by atoms with Gasteiger partial charge >= 0.3 is 0 Å². The maximum absolute atomic E-state index is 12.2. The van der Waals surface area contributed by atoms with E-state index in [-0.39, 0.29) is 11.4 Å². The molecule has 0 saturated carbocycles. The van der Waals surface area contributed by atoms with E-state index in [1.165, 1.54) is 6.08 Å². The highest BCUT2D eigenvalue weighted by molar-refractivity contribution is 6.09. The van der Waals surface area contributed by atoms with Crippen LogP contribution in [-0.4, -0.2) is 24.3 Å². The van der Waals surface area contributed by atoms with E-state index in [1.54, 1.807) is 37.3 Å². The Morgan fingerprint density at radius 2 is 1.87 bits per heavy atom. The zero-order valence-electron chi connectivity index (χ0n) is 17.4. The van der Waals surface area contributed by atoms with E-state index in [2.05, 4.69) is 10.5 Å². The first-order chi connectivity index (χ1) is 15.0. The monoisotopic (exact) mass is 417 g/mol. The van der Waals surface area contributed by atoms with E-state index in [4.69, 9.17) is 14.0 Å². The van der Waals surface area contributed by atoms with Gasteiger partial charge in [-0.1, -0.05) is 35.5 Å². The van der Waals surface area contributed by atoms with Crippen molar-refractivity contribution in [1.82, 2.24) is 5.16 Å². The third kappa shape index (κ3) is 6.47. The molecule has 1 aromatic heterocycles. The summed E-state index contributed by atoms with van der Waals surface area (Å²) in [4.78, 5) is 12.2. The van der Waals surface area contributed by atoms with Gasteiger partial charge in [-0.3, -0.25) is 4.79 Å². The lowest BCUT2D eigenvalue weighted by Crippen LogP contribution is -2.13. The van der Waals surface area contributed by atoms with Gasteiger partial charge in [0.1, 0.15) is 28.9 Å². The molecule has 0 unspecified atom stereocenters. The van der Waals surface area contributed by atoms with Crippen LogP contribution < -0.4 is 14.8 Å². The first kappa shape index (κ1) is 21.7. The number of hydrogen-bond acceptors (Lipinski definition) is 6. The lowest BCUT2D eigenvalue weighted by Gasteiger charge is -2.10. The van der Waals surface area contributed by atoms with Crippen molar-refractivity contribution in [3.63, 3.8) is 0 Å². The molecule has 7 nitrogen and oxygen atoms in total. The molecule has 0 saturated heterocycles. The Morgan fingerprint density at radius 1 is 1.13 bits per heavy atom. The minimum Gasteiger partial charge on any atom is -0.493 e. The number of amides is 1. The van der Waals surface area contributed by atoms with Crippen LogP contribution in [0, 0.1) is 25.2 Å². The fraction of sp³-hybridized carbons (Fsp3) is 0.208. The van der Waals surface area contributed by atoms with Crippen molar-refractivity contribution in [3.05, 3.63) is 77.1 Å². The van der Waals surface area contributed by atoms with Crippen LogP contribution in [0.15, 0.2) is 64.7 Å². The lowest BCUT2D eigenvalue weighted by atomic mass is 10.1. The van der Waals surface area contributed by atoms with Crippen LogP contribution in [0.4, 0.5) is 5.82 Å². The Hall–Kier alpha value is -4.05. The third-order valence-corrected chi connectivity index (χ3v) is 4.33. The summed E-state index contributed by atoms with van der Waals surface area (Å²) in [5.74, 6) is 1.86. The highest BCUT2D eigenvalue weighted by Crippen LogP contribution is 2.18. The van der Waals surface area contributed by atoms with Crippen LogP contribution in [0.5, 0.6) is 11.5 Å². The van der Waals surface area contributed by atoms with Gasteiger partial charge in [0.15, 0.2) is 5.82 Å². The van der Waals surface area contributed by atoms with Crippen LogP contribution in [0.3, 0.4) is 0 Å². The molecular formula is C24H23N3O4. The number of para-hydroxylation sites is 1. The molecule has 1 heterocycles. The Bertz CT molecular complexity index is 1090. The average molecular weight is 417 g/mol. The number of anilines is 1. The number of ether oxygens (including phenoxy) is 2. The number of benzene rings is 2. The molecule has 2 aromatic carbocycles. The molecule has 3 aromatic rings. The van der Waals surface area contributed by atoms with Gasteiger partial charge in [-0.25, -0.2) is 0 Å². The predicted molar refractivity (Wildman–Crippen MR) is 117 cm³/mol. The minimum atomic E-state index is -0.551. The maximum atomic E-state index is 12.2. The van der Waals surface area contributed by atoms with E-state index in [9.17, 15) is 10.1 Å². The zero-order valence-corrected chi connectivity index (χ0v) is 17.4. The molecule has 0 radical (unpaired) electrons. The molecular weight excluding hydrogens is 394 g/mol. The van der Waals surface area contributed by atoms with Crippen molar-refractivity contribution in [2.24, 2.45) is 0 Å². The number of nitrogens with zero attached hydrogens (tertiary/aromatic N) is 2. The molecule has 7 heteroatoms. The van der Waals surface area contributed by atoms with Gasteiger partial charge in [-0.2, -0.15) is 5.26 Å². The van der Waals surface area contributed by atoms with E-state index in [1.807, 2.05) is 37.3 Å². The normalized spacial score (nSPS) is 10.9. The third-order valence-electron chi connectivity index (χ3n) is 4.33. The van der Waals surface area contributed by atoms with Gasteiger partial charge in [-0.05, 0) is 49.2 Å². The number of hydrogen-bond donors (Lipinski definition) is 1. The molecule has 0 aliphatic heterocycles. The van der Waals surface area contributed by atoms with Crippen LogP contribution in [0.2, 0.25) is 0 Å². The molecule has 1 N–H and O–H groups in total. The molecule has 0 spiro atoms. The van der Waals surface area contributed by atoms with Crippen molar-refractivity contribution in [1.29, 1.82) is 5.26 Å². The van der Waals surface area contributed by atoms with Crippen molar-refractivity contribution in [2.75, 3.05) is 18.5 Å². The van der Waals surface area contributed by atoms with E-state index in [0.717, 1.165) is 17.7 Å². The Kier molecular flexibility index (Phi) is 7.44. The molecule has 1 amide bonds. The van der Waals surface area contributed by atoms with Gasteiger partial charge in [0, 0.05) is 12.5 Å². The molecule has 0 atom stereocenters. The second kappa shape index (κ2) is 10.6. The standard InChI is InChI=1S/C24H23N3O4/c1-17-6-3-4-7-22(17)30-13-5-12-29-21-10-8-19(9-11-21)15-20(16-25)24(28)26-23-14-18(2)31-27-23/h3-4,6-11,14-15H,5,12-13H2,1-2H3,(H,26,27,28). The number of nitriles is 1. The topological polar surface area (TPSA) is 97.4 Å². The van der Waals surface area contributed by atoms with Crippen LogP contribution in [0.1, 0.15) is 23.3 Å². The Morgan fingerprint density at radius 3 is 2.55 bits per heavy atom. The van der Waals surface area contributed by atoms with Crippen LogP contribution >= 0.6 is 0 Å². The fourth-order valence-corrected chi connectivity index (χ4v) is 2.73. The van der Waals surface area contributed by atoms with Crippen molar-refractivity contribution < 1.29 is 18.8 Å². The second-order valence-electron chi connectivity index (χ2n) is 6.83. The summed E-state index contributed by atoms with van der Waals surface area (Å²) in [7, 11) is 0. The highest BCUT2D eigenvalue weighted by atomic mass is 16.5. The van der Waals surface area contributed by atoms with E-state index >= 15 is 0 Å². The van der Waals surface area contributed by atoms with Gasteiger partial charge in [0.05, 0.1) is 13.2 Å². The summed E-state index contributed by atoms with van der Waals surface area (Å²) in [5, 5.41) is 15.5. The maximum Gasteiger partial charge on any atom is 0.267 e. The number of aryl methyl sites for hydroxylation is 2. The first-order valence-corrected chi connectivity index (χ1v) is 9.83. The molecule has 158 valence electrons.